The van der Waals surface area contributed by atoms with Gasteiger partial charge in [0.1, 0.15) is 11.5 Å². The summed E-state index contributed by atoms with van der Waals surface area (Å²) in [6, 6.07) is 6.25. The fourth-order valence-electron chi connectivity index (χ4n) is 3.60. The van der Waals surface area contributed by atoms with E-state index in [-0.39, 0.29) is 0 Å². The number of piperidine rings is 1. The third-order valence-corrected chi connectivity index (χ3v) is 4.94. The average Bonchev–Trinajstić information content (AvgIpc) is 3.09. The summed E-state index contributed by atoms with van der Waals surface area (Å²) in [5, 5.41) is 0. The van der Waals surface area contributed by atoms with Gasteiger partial charge in [0.2, 0.25) is 0 Å². The highest BCUT2D eigenvalue weighted by Gasteiger charge is 2.23. The van der Waals surface area contributed by atoms with Crippen LogP contribution in [-0.4, -0.2) is 42.9 Å². The molecule has 0 bridgehead atoms. The number of pyridine rings is 1. The van der Waals surface area contributed by atoms with Crippen molar-refractivity contribution in [1.82, 2.24) is 29.8 Å². The zero-order chi connectivity index (χ0) is 17.9. The number of aromatic amines is 1. The molecular weight excluding hydrogens is 324 g/mol. The average molecular weight is 348 g/mol. The molecule has 3 aromatic rings. The Labute approximate surface area is 153 Å². The van der Waals surface area contributed by atoms with Crippen LogP contribution in [0.1, 0.15) is 41.5 Å². The number of likely N-dealkylation sites (tertiary alicyclic amines) is 1. The largest absolute Gasteiger partial charge is 0.341 e. The Morgan fingerprint density at radius 1 is 1.15 bits per heavy atom. The molecule has 0 aliphatic carbocycles. The molecular formula is C20H24N6. The molecule has 0 amide bonds. The number of nitrogens with one attached hydrogen (secondary N) is 1. The maximum Gasteiger partial charge on any atom is 0.156 e. The topological polar surface area (TPSA) is 70.6 Å². The standard InChI is InChI=1S/C20H24N6/c1-14-11-22-20(23-14)19-10-18(24-15(2)25-19)17-5-8-26(9-6-17)13-16-4-3-7-21-12-16/h3-4,7,10-12,17H,5-6,8-9,13H2,1-2H3,(H,22,23). The number of hydrogen-bond acceptors (Lipinski definition) is 5. The minimum atomic E-state index is 0.483. The van der Waals surface area contributed by atoms with Crippen LogP contribution in [0.25, 0.3) is 11.5 Å². The number of hydrogen-bond donors (Lipinski definition) is 1. The lowest BCUT2D eigenvalue weighted by molar-refractivity contribution is 0.203. The van der Waals surface area contributed by atoms with Gasteiger partial charge in [0.05, 0.1) is 0 Å². The number of nitrogens with zero attached hydrogens (tertiary/aromatic N) is 5. The summed E-state index contributed by atoms with van der Waals surface area (Å²) in [7, 11) is 0. The van der Waals surface area contributed by atoms with Crippen molar-refractivity contribution in [2.45, 2.75) is 39.2 Å². The molecule has 1 aliphatic heterocycles. The number of aryl methyl sites for hydroxylation is 2. The van der Waals surface area contributed by atoms with Crippen LogP contribution in [0.4, 0.5) is 0 Å². The van der Waals surface area contributed by atoms with E-state index in [0.29, 0.717) is 5.92 Å². The molecule has 0 saturated carbocycles. The van der Waals surface area contributed by atoms with Crippen molar-refractivity contribution in [3.63, 3.8) is 0 Å². The molecule has 0 aromatic carbocycles. The minimum Gasteiger partial charge on any atom is -0.341 e. The lowest BCUT2D eigenvalue weighted by Crippen LogP contribution is -2.32. The van der Waals surface area contributed by atoms with E-state index in [2.05, 4.69) is 37.0 Å². The predicted molar refractivity (Wildman–Crippen MR) is 101 cm³/mol. The van der Waals surface area contributed by atoms with Gasteiger partial charge in [-0.3, -0.25) is 9.88 Å². The molecule has 0 spiro atoms. The van der Waals surface area contributed by atoms with Crippen LogP contribution in [-0.2, 0) is 6.54 Å². The van der Waals surface area contributed by atoms with Crippen LogP contribution in [0.5, 0.6) is 0 Å². The van der Waals surface area contributed by atoms with E-state index in [4.69, 9.17) is 4.98 Å². The first-order valence-electron chi connectivity index (χ1n) is 9.16. The van der Waals surface area contributed by atoms with Gasteiger partial charge in [0.25, 0.3) is 0 Å². The number of rotatable bonds is 4. The summed E-state index contributed by atoms with van der Waals surface area (Å²) >= 11 is 0. The Kier molecular flexibility index (Phi) is 4.75. The summed E-state index contributed by atoms with van der Waals surface area (Å²) in [6.45, 7) is 7.10. The van der Waals surface area contributed by atoms with Crippen LogP contribution in [0.15, 0.2) is 36.8 Å². The Hall–Kier alpha value is -2.60. The summed E-state index contributed by atoms with van der Waals surface area (Å²) in [6.07, 6.45) is 7.85. The fourth-order valence-corrected chi connectivity index (χ4v) is 3.60. The maximum atomic E-state index is 4.72. The third kappa shape index (κ3) is 3.80. The fraction of sp³-hybridized carbons (Fsp3) is 0.400. The first-order chi connectivity index (χ1) is 12.7. The molecule has 0 unspecified atom stereocenters. The van der Waals surface area contributed by atoms with Gasteiger partial charge in [-0.15, -0.1) is 0 Å². The van der Waals surface area contributed by atoms with Crippen LogP contribution in [0, 0.1) is 13.8 Å². The molecule has 26 heavy (non-hydrogen) atoms. The molecule has 3 aromatic heterocycles. The Balaban J connectivity index is 1.45. The highest BCUT2D eigenvalue weighted by Crippen LogP contribution is 2.29. The normalized spacial score (nSPS) is 16.1. The summed E-state index contributed by atoms with van der Waals surface area (Å²) in [4.78, 5) is 23.7. The van der Waals surface area contributed by atoms with Crippen LogP contribution >= 0.6 is 0 Å². The van der Waals surface area contributed by atoms with Gasteiger partial charge in [-0.1, -0.05) is 6.07 Å². The minimum absolute atomic E-state index is 0.483. The van der Waals surface area contributed by atoms with Crippen LogP contribution in [0.2, 0.25) is 0 Å². The second-order valence-electron chi connectivity index (χ2n) is 7.05. The molecule has 4 heterocycles. The van der Waals surface area contributed by atoms with E-state index in [9.17, 15) is 0 Å². The summed E-state index contributed by atoms with van der Waals surface area (Å²) in [5.41, 5.74) is 4.35. The number of aromatic nitrogens is 5. The molecule has 0 atom stereocenters. The van der Waals surface area contributed by atoms with E-state index in [1.807, 2.05) is 38.5 Å². The Morgan fingerprint density at radius 3 is 2.69 bits per heavy atom. The van der Waals surface area contributed by atoms with Crippen molar-refractivity contribution in [3.8, 4) is 11.5 Å². The van der Waals surface area contributed by atoms with Gasteiger partial charge < -0.3 is 4.98 Å². The zero-order valence-corrected chi connectivity index (χ0v) is 15.3. The third-order valence-electron chi connectivity index (χ3n) is 4.94. The monoisotopic (exact) mass is 348 g/mol. The van der Waals surface area contributed by atoms with Crippen molar-refractivity contribution < 1.29 is 0 Å². The second-order valence-corrected chi connectivity index (χ2v) is 7.05. The summed E-state index contributed by atoms with van der Waals surface area (Å²) in [5.74, 6) is 2.12. The van der Waals surface area contributed by atoms with Gasteiger partial charge in [-0.2, -0.15) is 0 Å². The number of imidazole rings is 1. The van der Waals surface area contributed by atoms with E-state index in [0.717, 1.165) is 61.2 Å². The summed E-state index contributed by atoms with van der Waals surface area (Å²) < 4.78 is 0. The second kappa shape index (κ2) is 7.33. The predicted octanol–water partition coefficient (Wildman–Crippen LogP) is 3.26. The first kappa shape index (κ1) is 16.8. The van der Waals surface area contributed by atoms with Crippen LogP contribution in [0.3, 0.4) is 0 Å². The van der Waals surface area contributed by atoms with Crippen molar-refractivity contribution in [1.29, 1.82) is 0 Å². The molecule has 1 N–H and O–H groups in total. The number of H-pyrrole nitrogens is 1. The quantitative estimate of drug-likeness (QED) is 0.784. The molecule has 1 aliphatic rings. The van der Waals surface area contributed by atoms with E-state index in [1.54, 1.807) is 0 Å². The van der Waals surface area contributed by atoms with Crippen molar-refractivity contribution in [2.24, 2.45) is 0 Å². The molecule has 1 saturated heterocycles. The lowest BCUT2D eigenvalue weighted by atomic mass is 9.92. The van der Waals surface area contributed by atoms with E-state index in [1.165, 1.54) is 5.56 Å². The smallest absolute Gasteiger partial charge is 0.156 e. The van der Waals surface area contributed by atoms with Gasteiger partial charge in [-0.05, 0) is 57.5 Å². The van der Waals surface area contributed by atoms with Crippen LogP contribution < -0.4 is 0 Å². The molecule has 4 rings (SSSR count). The Bertz CT molecular complexity index is 865. The first-order valence-corrected chi connectivity index (χ1v) is 9.16. The molecule has 6 heteroatoms. The molecule has 0 radical (unpaired) electrons. The lowest BCUT2D eigenvalue weighted by Gasteiger charge is -2.31. The zero-order valence-electron chi connectivity index (χ0n) is 15.3. The van der Waals surface area contributed by atoms with Gasteiger partial charge in [0, 0.05) is 42.4 Å². The van der Waals surface area contributed by atoms with Crippen molar-refractivity contribution in [2.75, 3.05) is 13.1 Å². The SMILES string of the molecule is Cc1nc(-c2ncc(C)[nH]2)cc(C2CCN(Cc3cccnc3)CC2)n1. The highest BCUT2D eigenvalue weighted by atomic mass is 15.1. The van der Waals surface area contributed by atoms with E-state index < -0.39 is 0 Å². The molecule has 134 valence electrons. The van der Waals surface area contributed by atoms with Gasteiger partial charge >= 0.3 is 0 Å². The van der Waals surface area contributed by atoms with Gasteiger partial charge in [0.15, 0.2) is 5.82 Å². The Morgan fingerprint density at radius 2 is 2.00 bits per heavy atom. The van der Waals surface area contributed by atoms with Crippen molar-refractivity contribution >= 4 is 0 Å². The van der Waals surface area contributed by atoms with Gasteiger partial charge in [-0.25, -0.2) is 15.0 Å². The van der Waals surface area contributed by atoms with E-state index >= 15 is 0 Å². The molecule has 6 nitrogen and oxygen atoms in total. The maximum absolute atomic E-state index is 4.72. The van der Waals surface area contributed by atoms with Crippen molar-refractivity contribution in [3.05, 3.63) is 59.6 Å². The highest BCUT2D eigenvalue weighted by molar-refractivity contribution is 5.50. The molecule has 1 fully saturated rings.